The molecule has 2 atom stereocenters. The van der Waals surface area contributed by atoms with E-state index in [0.717, 1.165) is 58.4 Å². The Morgan fingerprint density at radius 1 is 1.13 bits per heavy atom. The summed E-state index contributed by atoms with van der Waals surface area (Å²) >= 11 is 0. The van der Waals surface area contributed by atoms with E-state index in [-0.39, 0.29) is 0 Å². The molecule has 0 bridgehead atoms. The van der Waals surface area contributed by atoms with Crippen LogP contribution in [0.2, 0.25) is 0 Å². The number of likely N-dealkylation sites (tertiary alicyclic amines) is 1. The smallest absolute Gasteiger partial charge is 0.193 e. The summed E-state index contributed by atoms with van der Waals surface area (Å²) in [6, 6.07) is 10.9. The first-order chi connectivity index (χ1) is 14.7. The van der Waals surface area contributed by atoms with Gasteiger partial charge in [-0.2, -0.15) is 0 Å². The van der Waals surface area contributed by atoms with E-state index in [2.05, 4.69) is 65.1 Å². The molecule has 2 aliphatic heterocycles. The number of nitrogens with one attached hydrogen (secondary N) is 1. The minimum Gasteiger partial charge on any atom is -0.376 e. The quantitative estimate of drug-likeness (QED) is 0.496. The molecule has 0 amide bonds. The van der Waals surface area contributed by atoms with Crippen LogP contribution in [0.1, 0.15) is 32.8 Å². The van der Waals surface area contributed by atoms with Crippen molar-refractivity contribution in [1.29, 1.82) is 0 Å². The van der Waals surface area contributed by atoms with E-state index >= 15 is 0 Å². The predicted octanol–water partition coefficient (Wildman–Crippen LogP) is 2.52. The fraction of sp³-hybridized carbons (Fsp3) is 0.708. The van der Waals surface area contributed by atoms with Gasteiger partial charge in [-0.1, -0.05) is 37.3 Å². The van der Waals surface area contributed by atoms with Crippen LogP contribution in [-0.2, 0) is 11.3 Å². The first kappa shape index (κ1) is 23.0. The molecule has 0 spiro atoms. The summed E-state index contributed by atoms with van der Waals surface area (Å²) in [5.74, 6) is 1.65. The molecule has 30 heavy (non-hydrogen) atoms. The van der Waals surface area contributed by atoms with Gasteiger partial charge >= 0.3 is 0 Å². The lowest BCUT2D eigenvalue weighted by atomic mass is 10.1. The lowest BCUT2D eigenvalue weighted by Gasteiger charge is -2.37. The summed E-state index contributed by atoms with van der Waals surface area (Å²) < 4.78 is 5.99. The molecule has 3 rings (SSSR count). The molecule has 2 aliphatic rings. The number of nitrogens with zero attached hydrogens (tertiary/aromatic N) is 4. The number of ether oxygens (including phenoxy) is 1. The third-order valence-corrected chi connectivity index (χ3v) is 6.37. The average Bonchev–Trinajstić information content (AvgIpc) is 3.26. The van der Waals surface area contributed by atoms with E-state index in [9.17, 15) is 0 Å². The zero-order valence-corrected chi connectivity index (χ0v) is 19.2. The molecular formula is C24H41N5O. The number of guanidine groups is 1. The van der Waals surface area contributed by atoms with Gasteiger partial charge < -0.3 is 19.9 Å². The fourth-order valence-electron chi connectivity index (χ4n) is 4.36. The largest absolute Gasteiger partial charge is 0.376 e. The fourth-order valence-corrected chi connectivity index (χ4v) is 4.36. The molecule has 6 heteroatoms. The molecule has 0 aromatic heterocycles. The van der Waals surface area contributed by atoms with Crippen LogP contribution in [0.4, 0.5) is 0 Å². The Morgan fingerprint density at radius 3 is 2.60 bits per heavy atom. The van der Waals surface area contributed by atoms with Gasteiger partial charge in [0.25, 0.3) is 0 Å². The van der Waals surface area contributed by atoms with Crippen LogP contribution in [0.5, 0.6) is 0 Å². The van der Waals surface area contributed by atoms with Gasteiger partial charge in [-0.25, -0.2) is 0 Å². The Bertz CT molecular complexity index is 630. The highest BCUT2D eigenvalue weighted by molar-refractivity contribution is 5.80. The van der Waals surface area contributed by atoms with Gasteiger partial charge in [0.15, 0.2) is 5.96 Å². The summed E-state index contributed by atoms with van der Waals surface area (Å²) in [5.41, 5.74) is 1.25. The summed E-state index contributed by atoms with van der Waals surface area (Å²) in [6.45, 7) is 18.0. The van der Waals surface area contributed by atoms with Crippen molar-refractivity contribution in [1.82, 2.24) is 20.0 Å². The van der Waals surface area contributed by atoms with Gasteiger partial charge in [-0.3, -0.25) is 9.89 Å². The van der Waals surface area contributed by atoms with Crippen molar-refractivity contribution in [2.45, 2.75) is 39.8 Å². The SMILES string of the molecule is CCNC(=NCC(C)N1CCN(CC)CC1)N1CCC(COCc2ccccc2)C1. The molecular weight excluding hydrogens is 374 g/mol. The number of benzene rings is 1. The maximum absolute atomic E-state index is 5.99. The summed E-state index contributed by atoms with van der Waals surface area (Å²) in [4.78, 5) is 12.5. The zero-order valence-electron chi connectivity index (χ0n) is 19.2. The normalized spacial score (nSPS) is 22.4. The topological polar surface area (TPSA) is 43.3 Å². The number of hydrogen-bond donors (Lipinski definition) is 1. The molecule has 0 saturated carbocycles. The molecule has 2 heterocycles. The van der Waals surface area contributed by atoms with E-state index in [4.69, 9.17) is 9.73 Å². The second-order valence-corrected chi connectivity index (χ2v) is 8.62. The van der Waals surface area contributed by atoms with E-state index in [0.29, 0.717) is 18.6 Å². The molecule has 1 aromatic carbocycles. The highest BCUT2D eigenvalue weighted by Crippen LogP contribution is 2.18. The number of rotatable bonds is 9. The van der Waals surface area contributed by atoms with Gasteiger partial charge in [-0.05, 0) is 32.4 Å². The molecule has 0 aliphatic carbocycles. The van der Waals surface area contributed by atoms with E-state index in [1.54, 1.807) is 0 Å². The summed E-state index contributed by atoms with van der Waals surface area (Å²) in [6.07, 6.45) is 1.17. The molecule has 2 unspecified atom stereocenters. The van der Waals surface area contributed by atoms with Crippen LogP contribution in [0, 0.1) is 5.92 Å². The Balaban J connectivity index is 1.43. The second-order valence-electron chi connectivity index (χ2n) is 8.62. The lowest BCUT2D eigenvalue weighted by Crippen LogP contribution is -2.50. The molecule has 2 saturated heterocycles. The summed E-state index contributed by atoms with van der Waals surface area (Å²) in [7, 11) is 0. The van der Waals surface area contributed by atoms with Gasteiger partial charge in [0.1, 0.15) is 0 Å². The zero-order chi connectivity index (χ0) is 21.2. The van der Waals surface area contributed by atoms with E-state index in [1.807, 2.05) is 6.07 Å². The minimum atomic E-state index is 0.491. The van der Waals surface area contributed by atoms with Crippen molar-refractivity contribution in [3.8, 4) is 0 Å². The standard InChI is InChI=1S/C24H41N5O/c1-4-25-24(26-17-21(3)28-15-13-27(5-2)14-16-28)29-12-11-23(18-29)20-30-19-22-9-7-6-8-10-22/h6-10,21,23H,4-5,11-20H2,1-3H3,(H,25,26). The van der Waals surface area contributed by atoms with Gasteiger partial charge in [-0.15, -0.1) is 0 Å². The lowest BCUT2D eigenvalue weighted by molar-refractivity contribution is 0.0906. The predicted molar refractivity (Wildman–Crippen MR) is 125 cm³/mol. The van der Waals surface area contributed by atoms with Crippen LogP contribution in [-0.4, -0.2) is 92.2 Å². The first-order valence-electron chi connectivity index (χ1n) is 11.8. The van der Waals surface area contributed by atoms with Crippen LogP contribution >= 0.6 is 0 Å². The maximum atomic E-state index is 5.99. The van der Waals surface area contributed by atoms with Crippen LogP contribution in [0.15, 0.2) is 35.3 Å². The maximum Gasteiger partial charge on any atom is 0.193 e. The molecule has 1 aromatic rings. The Morgan fingerprint density at radius 2 is 1.90 bits per heavy atom. The van der Waals surface area contributed by atoms with Crippen LogP contribution in [0.25, 0.3) is 0 Å². The van der Waals surface area contributed by atoms with Gasteiger partial charge in [0.05, 0.1) is 19.8 Å². The summed E-state index contributed by atoms with van der Waals surface area (Å²) in [5, 5.41) is 3.51. The van der Waals surface area contributed by atoms with Crippen molar-refractivity contribution >= 4 is 5.96 Å². The minimum absolute atomic E-state index is 0.491. The number of aliphatic imine (C=N–C) groups is 1. The molecule has 6 nitrogen and oxygen atoms in total. The Labute approximate surface area is 183 Å². The van der Waals surface area contributed by atoms with Crippen molar-refractivity contribution in [3.05, 3.63) is 35.9 Å². The molecule has 1 N–H and O–H groups in total. The average molecular weight is 416 g/mol. The van der Waals surface area contributed by atoms with Crippen molar-refractivity contribution < 1.29 is 4.74 Å². The molecule has 2 fully saturated rings. The van der Waals surface area contributed by atoms with E-state index < -0.39 is 0 Å². The number of hydrogen-bond acceptors (Lipinski definition) is 4. The highest BCUT2D eigenvalue weighted by Gasteiger charge is 2.26. The highest BCUT2D eigenvalue weighted by atomic mass is 16.5. The van der Waals surface area contributed by atoms with E-state index in [1.165, 1.54) is 25.1 Å². The monoisotopic (exact) mass is 415 g/mol. The second kappa shape index (κ2) is 12.3. The van der Waals surface area contributed by atoms with Gasteiger partial charge in [0.2, 0.25) is 0 Å². The first-order valence-corrected chi connectivity index (χ1v) is 11.8. The Hall–Kier alpha value is -1.63. The molecule has 168 valence electrons. The number of piperazine rings is 1. The third kappa shape index (κ3) is 6.96. The molecule has 0 radical (unpaired) electrons. The van der Waals surface area contributed by atoms with Crippen molar-refractivity contribution in [2.75, 3.05) is 65.5 Å². The van der Waals surface area contributed by atoms with Crippen LogP contribution < -0.4 is 5.32 Å². The van der Waals surface area contributed by atoms with Crippen molar-refractivity contribution in [3.63, 3.8) is 0 Å². The third-order valence-electron chi connectivity index (χ3n) is 6.37. The Kier molecular flexibility index (Phi) is 9.43. The van der Waals surface area contributed by atoms with Crippen molar-refractivity contribution in [2.24, 2.45) is 10.9 Å². The van der Waals surface area contributed by atoms with Crippen LogP contribution in [0.3, 0.4) is 0 Å². The number of likely N-dealkylation sites (N-methyl/N-ethyl adjacent to an activating group) is 1. The van der Waals surface area contributed by atoms with Gasteiger partial charge in [0, 0.05) is 57.8 Å².